The monoisotopic (exact) mass is 401 g/mol. The summed E-state index contributed by atoms with van der Waals surface area (Å²) in [4.78, 5) is 14.7. The molecule has 1 aromatic rings. The predicted octanol–water partition coefficient (Wildman–Crippen LogP) is 3.66. The molecule has 4 nitrogen and oxygen atoms in total. The van der Waals surface area contributed by atoms with Gasteiger partial charge in [0, 0.05) is 19.1 Å². The van der Waals surface area contributed by atoms with E-state index in [4.69, 9.17) is 0 Å². The number of nitrogens with zero attached hydrogens (tertiary/aromatic N) is 1. The second kappa shape index (κ2) is 11.8. The Bertz CT molecular complexity index is 544. The molecular weight excluding hydrogens is 369 g/mol. The molecule has 1 aliphatic carbocycles. The van der Waals surface area contributed by atoms with Crippen LogP contribution in [0.15, 0.2) is 24.3 Å². The number of hydrogen-bond donors (Lipinski definition) is 2. The van der Waals surface area contributed by atoms with Crippen LogP contribution in [0.1, 0.15) is 56.1 Å². The van der Waals surface area contributed by atoms with Gasteiger partial charge in [-0.2, -0.15) is 0 Å². The average Bonchev–Trinajstić information content (AvgIpc) is 3.16. The lowest BCUT2D eigenvalue weighted by Crippen LogP contribution is -2.40. The maximum Gasteiger partial charge on any atom is 0.237 e. The van der Waals surface area contributed by atoms with E-state index in [9.17, 15) is 4.79 Å². The molecule has 1 aromatic carbocycles. The minimum atomic E-state index is 0. The van der Waals surface area contributed by atoms with Gasteiger partial charge in [0.1, 0.15) is 0 Å². The molecule has 1 aliphatic heterocycles. The smallest absolute Gasteiger partial charge is 0.237 e. The molecule has 1 heterocycles. The Hall–Kier alpha value is -0.810. The highest BCUT2D eigenvalue weighted by Crippen LogP contribution is 2.23. The maximum atomic E-state index is 12.2. The second-order valence-electron chi connectivity index (χ2n) is 7.34. The first-order valence-corrected chi connectivity index (χ1v) is 9.52. The van der Waals surface area contributed by atoms with Crippen molar-refractivity contribution < 1.29 is 4.79 Å². The number of hydrogen-bond acceptors (Lipinski definition) is 3. The van der Waals surface area contributed by atoms with Crippen LogP contribution in [0.3, 0.4) is 0 Å². The van der Waals surface area contributed by atoms with Crippen molar-refractivity contribution in [3.05, 3.63) is 35.4 Å². The summed E-state index contributed by atoms with van der Waals surface area (Å²) < 4.78 is 0. The van der Waals surface area contributed by atoms with Crippen molar-refractivity contribution in [2.45, 2.75) is 70.1 Å². The van der Waals surface area contributed by atoms with Crippen LogP contribution in [-0.2, 0) is 17.9 Å². The predicted molar refractivity (Wildman–Crippen MR) is 112 cm³/mol. The van der Waals surface area contributed by atoms with Gasteiger partial charge < -0.3 is 10.6 Å². The standard InChI is InChI=1S/C20H31N3O.2ClH/c1-23(18-10-3-2-4-11-18)15-17-9-6-5-8-16(17)14-22-20(24)19-12-7-13-21-19;;/h5-6,8-9,18-19,21H,2-4,7,10-15H2,1H3,(H,22,24);2*1H. The minimum absolute atomic E-state index is 0. The summed E-state index contributed by atoms with van der Waals surface area (Å²) in [5.74, 6) is 0.142. The molecule has 0 spiro atoms. The van der Waals surface area contributed by atoms with Crippen LogP contribution in [0.4, 0.5) is 0 Å². The molecule has 148 valence electrons. The number of benzene rings is 1. The molecule has 0 bridgehead atoms. The zero-order valence-electron chi connectivity index (χ0n) is 15.7. The molecule has 0 aromatic heterocycles. The molecule has 1 unspecified atom stereocenters. The quantitative estimate of drug-likeness (QED) is 0.763. The van der Waals surface area contributed by atoms with Crippen LogP contribution in [-0.4, -0.2) is 36.5 Å². The number of rotatable bonds is 6. The van der Waals surface area contributed by atoms with Crippen molar-refractivity contribution in [2.24, 2.45) is 0 Å². The number of amides is 1. The topological polar surface area (TPSA) is 44.4 Å². The van der Waals surface area contributed by atoms with Crippen LogP contribution in [0.5, 0.6) is 0 Å². The van der Waals surface area contributed by atoms with Crippen LogP contribution >= 0.6 is 24.8 Å². The first-order chi connectivity index (χ1) is 11.7. The molecule has 0 radical (unpaired) electrons. The third-order valence-corrected chi connectivity index (χ3v) is 5.57. The molecule has 1 saturated heterocycles. The number of nitrogens with one attached hydrogen (secondary N) is 2. The Balaban J connectivity index is 0.00000169. The highest BCUT2D eigenvalue weighted by atomic mass is 35.5. The molecule has 2 N–H and O–H groups in total. The van der Waals surface area contributed by atoms with E-state index < -0.39 is 0 Å². The van der Waals surface area contributed by atoms with Gasteiger partial charge in [-0.05, 0) is 50.4 Å². The van der Waals surface area contributed by atoms with E-state index in [-0.39, 0.29) is 36.8 Å². The number of halogens is 2. The summed E-state index contributed by atoms with van der Waals surface area (Å²) in [6.07, 6.45) is 8.81. The van der Waals surface area contributed by atoms with Gasteiger partial charge in [0.15, 0.2) is 0 Å². The Kier molecular flexibility index (Phi) is 10.6. The molecule has 1 atom stereocenters. The highest BCUT2D eigenvalue weighted by Gasteiger charge is 2.22. The Morgan fingerprint density at radius 3 is 2.42 bits per heavy atom. The zero-order valence-corrected chi connectivity index (χ0v) is 17.3. The van der Waals surface area contributed by atoms with Crippen molar-refractivity contribution in [1.82, 2.24) is 15.5 Å². The molecule has 6 heteroatoms. The van der Waals surface area contributed by atoms with Crippen molar-refractivity contribution in [3.63, 3.8) is 0 Å². The summed E-state index contributed by atoms with van der Waals surface area (Å²) >= 11 is 0. The Morgan fingerprint density at radius 2 is 1.77 bits per heavy atom. The van der Waals surface area contributed by atoms with Crippen molar-refractivity contribution in [2.75, 3.05) is 13.6 Å². The lowest BCUT2D eigenvalue weighted by molar-refractivity contribution is -0.122. The number of carbonyl (C=O) groups is 1. The van der Waals surface area contributed by atoms with Gasteiger partial charge in [-0.1, -0.05) is 43.5 Å². The summed E-state index contributed by atoms with van der Waals surface area (Å²) in [5.41, 5.74) is 2.58. The molecule has 2 aliphatic rings. The van der Waals surface area contributed by atoms with Gasteiger partial charge in [-0.3, -0.25) is 9.69 Å². The van der Waals surface area contributed by atoms with E-state index in [1.807, 2.05) is 0 Å². The average molecular weight is 402 g/mol. The molecule has 1 saturated carbocycles. The van der Waals surface area contributed by atoms with Crippen LogP contribution in [0.2, 0.25) is 0 Å². The SMILES string of the molecule is CN(Cc1ccccc1CNC(=O)C1CCCN1)C1CCCCC1.Cl.Cl. The van der Waals surface area contributed by atoms with E-state index in [0.717, 1.165) is 25.9 Å². The minimum Gasteiger partial charge on any atom is -0.351 e. The van der Waals surface area contributed by atoms with Crippen molar-refractivity contribution >= 4 is 30.7 Å². The summed E-state index contributed by atoms with van der Waals surface area (Å²) in [6, 6.07) is 9.24. The molecule has 3 rings (SSSR count). The second-order valence-corrected chi connectivity index (χ2v) is 7.34. The first kappa shape index (κ1) is 23.2. The van der Waals surface area contributed by atoms with Gasteiger partial charge in [-0.25, -0.2) is 0 Å². The summed E-state index contributed by atoms with van der Waals surface area (Å²) in [6.45, 7) is 2.56. The number of carbonyl (C=O) groups excluding carboxylic acids is 1. The van der Waals surface area contributed by atoms with Crippen LogP contribution in [0.25, 0.3) is 0 Å². The van der Waals surface area contributed by atoms with Crippen molar-refractivity contribution in [1.29, 1.82) is 0 Å². The fourth-order valence-corrected chi connectivity index (χ4v) is 4.02. The molecular formula is C20H33Cl2N3O. The summed E-state index contributed by atoms with van der Waals surface area (Å²) in [7, 11) is 2.24. The highest BCUT2D eigenvalue weighted by molar-refractivity contribution is 5.85. The lowest BCUT2D eigenvalue weighted by atomic mass is 9.94. The van der Waals surface area contributed by atoms with Gasteiger partial charge in [0.05, 0.1) is 6.04 Å². The largest absolute Gasteiger partial charge is 0.351 e. The normalized spacial score (nSPS) is 20.3. The van der Waals surface area contributed by atoms with Crippen molar-refractivity contribution in [3.8, 4) is 0 Å². The van der Waals surface area contributed by atoms with E-state index >= 15 is 0 Å². The van der Waals surface area contributed by atoms with Crippen LogP contribution in [0, 0.1) is 0 Å². The molecule has 1 amide bonds. The first-order valence-electron chi connectivity index (χ1n) is 9.52. The fourth-order valence-electron chi connectivity index (χ4n) is 4.02. The molecule has 2 fully saturated rings. The van der Waals surface area contributed by atoms with E-state index in [2.05, 4.69) is 46.8 Å². The fraction of sp³-hybridized carbons (Fsp3) is 0.650. The summed E-state index contributed by atoms with van der Waals surface area (Å²) in [5, 5.41) is 6.38. The van der Waals surface area contributed by atoms with E-state index in [0.29, 0.717) is 12.6 Å². The van der Waals surface area contributed by atoms with Gasteiger partial charge in [-0.15, -0.1) is 24.8 Å². The third kappa shape index (κ3) is 6.41. The Labute approximate surface area is 170 Å². The molecule has 26 heavy (non-hydrogen) atoms. The van der Waals surface area contributed by atoms with Gasteiger partial charge in [0.2, 0.25) is 5.91 Å². The third-order valence-electron chi connectivity index (χ3n) is 5.57. The lowest BCUT2D eigenvalue weighted by Gasteiger charge is -2.31. The zero-order chi connectivity index (χ0) is 16.8. The maximum absolute atomic E-state index is 12.2. The van der Waals surface area contributed by atoms with E-state index in [1.165, 1.54) is 43.2 Å². The Morgan fingerprint density at radius 1 is 1.08 bits per heavy atom. The van der Waals surface area contributed by atoms with E-state index in [1.54, 1.807) is 0 Å². The van der Waals surface area contributed by atoms with Crippen LogP contribution < -0.4 is 10.6 Å². The van der Waals surface area contributed by atoms with Gasteiger partial charge in [0.25, 0.3) is 0 Å². The van der Waals surface area contributed by atoms with Gasteiger partial charge >= 0.3 is 0 Å².